The minimum absolute atomic E-state index is 0.128. The summed E-state index contributed by atoms with van der Waals surface area (Å²) < 4.78 is 6.12. The van der Waals surface area contributed by atoms with Gasteiger partial charge in [0, 0.05) is 23.8 Å². The van der Waals surface area contributed by atoms with E-state index in [4.69, 9.17) is 10.5 Å². The second kappa shape index (κ2) is 9.57. The van der Waals surface area contributed by atoms with Gasteiger partial charge in [0.15, 0.2) is 0 Å². The van der Waals surface area contributed by atoms with Crippen LogP contribution in [0.5, 0.6) is 5.88 Å². The molecule has 148 valence electrons. The molecule has 1 atom stereocenters. The molecule has 4 rings (SSSR count). The molecule has 28 heavy (non-hydrogen) atoms. The van der Waals surface area contributed by atoms with Crippen LogP contribution in [0.25, 0.3) is 10.9 Å². The highest BCUT2D eigenvalue weighted by Gasteiger charge is 2.18. The van der Waals surface area contributed by atoms with Crippen molar-refractivity contribution in [2.24, 2.45) is 0 Å². The maximum absolute atomic E-state index is 6.12. The molecule has 3 aromatic rings. The lowest BCUT2D eigenvalue weighted by atomic mass is 10.1. The normalized spacial score (nSPS) is 16.2. The first-order chi connectivity index (χ1) is 13.7. The van der Waals surface area contributed by atoms with E-state index >= 15 is 0 Å². The molecule has 0 amide bonds. The van der Waals surface area contributed by atoms with Gasteiger partial charge in [-0.05, 0) is 62.4 Å². The predicted octanol–water partition coefficient (Wildman–Crippen LogP) is 3.34. The van der Waals surface area contributed by atoms with Crippen molar-refractivity contribution in [3.05, 3.63) is 42.4 Å². The third kappa shape index (κ3) is 4.63. The van der Waals surface area contributed by atoms with Crippen molar-refractivity contribution in [2.45, 2.75) is 25.9 Å². The van der Waals surface area contributed by atoms with Crippen LogP contribution in [0.1, 0.15) is 18.4 Å². The summed E-state index contributed by atoms with van der Waals surface area (Å²) in [5, 5.41) is 7.66. The Bertz CT molecular complexity index is 930. The molecule has 0 spiro atoms. The van der Waals surface area contributed by atoms with Crippen molar-refractivity contribution < 1.29 is 4.74 Å². The van der Waals surface area contributed by atoms with Crippen molar-refractivity contribution in [1.82, 2.24) is 20.3 Å². The van der Waals surface area contributed by atoms with Gasteiger partial charge in [-0.15, -0.1) is 0 Å². The van der Waals surface area contributed by atoms with Gasteiger partial charge in [-0.3, -0.25) is 0 Å². The lowest BCUT2D eigenvalue weighted by Gasteiger charge is -2.24. The van der Waals surface area contributed by atoms with E-state index in [1.54, 1.807) is 12.5 Å². The lowest BCUT2D eigenvalue weighted by Crippen LogP contribution is -2.37. The van der Waals surface area contributed by atoms with Crippen molar-refractivity contribution in [1.29, 1.82) is 0 Å². The highest BCUT2D eigenvalue weighted by molar-refractivity contribution is 7.79. The largest absolute Gasteiger partial charge is 0.472 e. The Labute approximate surface area is 170 Å². The molecule has 8 heteroatoms. The van der Waals surface area contributed by atoms with Crippen LogP contribution in [0.4, 0.5) is 17.2 Å². The number of nitrogen functional groups attached to an aromatic ring is 1. The molecule has 1 aliphatic heterocycles. The summed E-state index contributed by atoms with van der Waals surface area (Å²) in [4.78, 5) is 13.2. The van der Waals surface area contributed by atoms with E-state index in [-0.39, 0.29) is 6.10 Å². The first kappa shape index (κ1) is 20.2. The van der Waals surface area contributed by atoms with Gasteiger partial charge < -0.3 is 21.1 Å². The molecule has 7 nitrogen and oxygen atoms in total. The summed E-state index contributed by atoms with van der Waals surface area (Å²) in [7, 11) is 0. The van der Waals surface area contributed by atoms with Crippen LogP contribution in [-0.4, -0.2) is 40.4 Å². The van der Waals surface area contributed by atoms with Crippen molar-refractivity contribution in [3.63, 3.8) is 0 Å². The molecular weight excluding hydrogens is 372 g/mol. The SMILES string of the molecule is CS.Cc1cc(N)cc2ncnc(Nc3cccnc3OC3CCCNC3)c12. The van der Waals surface area contributed by atoms with Crippen LogP contribution >= 0.6 is 12.6 Å². The number of rotatable bonds is 4. The molecule has 1 fully saturated rings. The number of aromatic nitrogens is 3. The lowest BCUT2D eigenvalue weighted by molar-refractivity contribution is 0.161. The predicted molar refractivity (Wildman–Crippen MR) is 118 cm³/mol. The molecule has 0 aliphatic carbocycles. The number of nitrogens with zero attached hydrogens (tertiary/aromatic N) is 3. The van der Waals surface area contributed by atoms with Crippen molar-refractivity contribution in [3.8, 4) is 5.88 Å². The summed E-state index contributed by atoms with van der Waals surface area (Å²) in [6.07, 6.45) is 7.23. The maximum Gasteiger partial charge on any atom is 0.238 e. The fraction of sp³-hybridized carbons (Fsp3) is 0.350. The molecule has 2 aromatic heterocycles. The number of nitrogens with two attached hydrogens (primary N) is 1. The number of thiol groups is 1. The van der Waals surface area contributed by atoms with Crippen LogP contribution in [0.3, 0.4) is 0 Å². The molecule has 3 heterocycles. The first-order valence-corrected chi connectivity index (χ1v) is 10.1. The average Bonchev–Trinajstić information content (AvgIpc) is 2.71. The summed E-state index contributed by atoms with van der Waals surface area (Å²) >= 11 is 3.53. The summed E-state index contributed by atoms with van der Waals surface area (Å²) in [5.41, 5.74) is 9.24. The number of benzene rings is 1. The number of anilines is 3. The Morgan fingerprint density at radius 1 is 1.25 bits per heavy atom. The van der Waals surface area contributed by atoms with E-state index < -0.39 is 0 Å². The van der Waals surface area contributed by atoms with E-state index in [1.165, 1.54) is 6.33 Å². The van der Waals surface area contributed by atoms with Crippen LogP contribution in [0.15, 0.2) is 36.8 Å². The van der Waals surface area contributed by atoms with Crippen molar-refractivity contribution >= 4 is 40.7 Å². The molecule has 1 saturated heterocycles. The van der Waals surface area contributed by atoms with E-state index in [1.807, 2.05) is 31.2 Å². The Balaban J connectivity index is 0.00000109. The van der Waals surface area contributed by atoms with E-state index in [0.29, 0.717) is 17.4 Å². The Kier molecular flexibility index (Phi) is 6.89. The van der Waals surface area contributed by atoms with E-state index in [9.17, 15) is 0 Å². The Morgan fingerprint density at radius 3 is 2.89 bits per heavy atom. The number of nitrogens with one attached hydrogen (secondary N) is 2. The molecule has 0 saturated carbocycles. The zero-order valence-electron chi connectivity index (χ0n) is 16.1. The van der Waals surface area contributed by atoms with Gasteiger partial charge in [0.25, 0.3) is 0 Å². The minimum atomic E-state index is 0.128. The number of piperidine rings is 1. The quantitative estimate of drug-likeness (QED) is 0.395. The summed E-state index contributed by atoms with van der Waals surface area (Å²) in [6, 6.07) is 7.59. The minimum Gasteiger partial charge on any atom is -0.472 e. The van der Waals surface area contributed by atoms with Gasteiger partial charge in [0.05, 0.1) is 5.52 Å². The van der Waals surface area contributed by atoms with Gasteiger partial charge in [0.1, 0.15) is 23.9 Å². The topological polar surface area (TPSA) is 98.0 Å². The summed E-state index contributed by atoms with van der Waals surface area (Å²) in [5.74, 6) is 1.30. The maximum atomic E-state index is 6.12. The number of hydrogen-bond donors (Lipinski definition) is 4. The van der Waals surface area contributed by atoms with Gasteiger partial charge >= 0.3 is 0 Å². The number of hydrogen-bond acceptors (Lipinski definition) is 8. The number of pyridine rings is 1. The molecule has 0 bridgehead atoms. The fourth-order valence-corrected chi connectivity index (χ4v) is 3.30. The third-order valence-corrected chi connectivity index (χ3v) is 4.51. The Hall–Kier alpha value is -2.58. The van der Waals surface area contributed by atoms with Gasteiger partial charge in [-0.1, -0.05) is 0 Å². The second-order valence-electron chi connectivity index (χ2n) is 6.52. The van der Waals surface area contributed by atoms with Crippen LogP contribution < -0.4 is 21.1 Å². The smallest absolute Gasteiger partial charge is 0.238 e. The van der Waals surface area contributed by atoms with E-state index in [2.05, 4.69) is 38.2 Å². The molecule has 1 aromatic carbocycles. The van der Waals surface area contributed by atoms with E-state index in [0.717, 1.165) is 48.1 Å². The van der Waals surface area contributed by atoms with Crippen LogP contribution in [0.2, 0.25) is 0 Å². The molecular formula is C20H26N6OS. The third-order valence-electron chi connectivity index (χ3n) is 4.51. The summed E-state index contributed by atoms with van der Waals surface area (Å²) in [6.45, 7) is 3.88. The zero-order valence-corrected chi connectivity index (χ0v) is 17.0. The zero-order chi connectivity index (χ0) is 19.9. The number of fused-ring (bicyclic) bond motifs is 1. The van der Waals surface area contributed by atoms with Gasteiger partial charge in [-0.2, -0.15) is 12.6 Å². The average molecular weight is 399 g/mol. The molecule has 4 N–H and O–H groups in total. The fourth-order valence-electron chi connectivity index (χ4n) is 3.30. The van der Waals surface area contributed by atoms with Crippen molar-refractivity contribution in [2.75, 3.05) is 30.4 Å². The first-order valence-electron chi connectivity index (χ1n) is 9.25. The van der Waals surface area contributed by atoms with Gasteiger partial charge in [0.2, 0.25) is 5.88 Å². The van der Waals surface area contributed by atoms with Crippen LogP contribution in [0, 0.1) is 6.92 Å². The number of ether oxygens (including phenoxy) is 1. The highest BCUT2D eigenvalue weighted by atomic mass is 32.1. The monoisotopic (exact) mass is 398 g/mol. The second-order valence-corrected chi connectivity index (χ2v) is 6.52. The molecule has 1 unspecified atom stereocenters. The van der Waals surface area contributed by atoms with Crippen LogP contribution in [-0.2, 0) is 0 Å². The standard InChI is InChI=1S/C19H22N6O.CH4S/c1-12-8-13(20)9-16-17(12)18(24-11-23-16)25-15-5-3-7-22-19(15)26-14-4-2-6-21-10-14;1-2/h3,5,7-9,11,14,21H,2,4,6,10,20H2,1H3,(H,23,24,25);2H,1H3. The molecule has 0 radical (unpaired) electrons. The Morgan fingerprint density at radius 2 is 2.11 bits per heavy atom. The highest BCUT2D eigenvalue weighted by Crippen LogP contribution is 2.31. The molecule has 1 aliphatic rings. The number of aryl methyl sites for hydroxylation is 1. The van der Waals surface area contributed by atoms with Gasteiger partial charge in [-0.25, -0.2) is 15.0 Å².